The molecule has 0 saturated heterocycles. The van der Waals surface area contributed by atoms with Gasteiger partial charge in [0.1, 0.15) is 6.10 Å². The highest BCUT2D eigenvalue weighted by Gasteiger charge is 2.30. The van der Waals surface area contributed by atoms with Crippen LogP contribution in [0, 0.1) is 5.41 Å². The molecule has 0 saturated carbocycles. The second kappa shape index (κ2) is 2.87. The molecule has 1 atom stereocenters. The number of carbonyl (C=O) groups excluding carboxylic acids is 2. The molecule has 5 nitrogen and oxygen atoms in total. The molecule has 0 aliphatic heterocycles. The minimum atomic E-state index is -2.05. The monoisotopic (exact) mass is 160 g/mol. The molecular weight excluding hydrogens is 152 g/mol. The van der Waals surface area contributed by atoms with E-state index in [0.717, 1.165) is 13.8 Å². The molecule has 0 rings (SSSR count). The summed E-state index contributed by atoms with van der Waals surface area (Å²) in [5, 5.41) is 28.9. The van der Waals surface area contributed by atoms with Crippen molar-refractivity contribution in [3.8, 4) is 0 Å². The van der Waals surface area contributed by atoms with E-state index in [1.165, 1.54) is 0 Å². The van der Waals surface area contributed by atoms with Crippen LogP contribution in [0.2, 0.25) is 0 Å². The quantitative estimate of drug-likeness (QED) is 0.470. The second-order valence-corrected chi connectivity index (χ2v) is 2.73. The van der Waals surface area contributed by atoms with Crippen molar-refractivity contribution in [2.24, 2.45) is 5.41 Å². The zero-order chi connectivity index (χ0) is 9.23. The van der Waals surface area contributed by atoms with Gasteiger partial charge in [-0.25, -0.2) is 0 Å². The van der Waals surface area contributed by atoms with Crippen molar-refractivity contribution in [3.63, 3.8) is 0 Å². The van der Waals surface area contributed by atoms with Crippen molar-refractivity contribution < 1.29 is 24.9 Å². The molecule has 0 aliphatic rings. The van der Waals surface area contributed by atoms with Crippen LogP contribution in [0.4, 0.5) is 0 Å². The largest absolute Gasteiger partial charge is 0.549 e. The molecule has 64 valence electrons. The van der Waals surface area contributed by atoms with Gasteiger partial charge in [-0.2, -0.15) is 0 Å². The van der Waals surface area contributed by atoms with E-state index in [2.05, 4.69) is 0 Å². The molecule has 1 N–H and O–H groups in total. The SMILES string of the molecule is CC(C)(C(=O)[O-])[C@@H](O)C(=O)[O-]. The number of carbonyl (C=O) groups is 2. The Labute approximate surface area is 63.3 Å². The Balaban J connectivity index is 4.55. The molecule has 0 aromatic carbocycles. The summed E-state index contributed by atoms with van der Waals surface area (Å²) >= 11 is 0. The molecule has 5 heteroatoms. The summed E-state index contributed by atoms with van der Waals surface area (Å²) in [7, 11) is 0. The number of aliphatic carboxylic acids is 2. The van der Waals surface area contributed by atoms with E-state index in [1.54, 1.807) is 0 Å². The van der Waals surface area contributed by atoms with E-state index >= 15 is 0 Å². The van der Waals surface area contributed by atoms with Gasteiger partial charge in [0.05, 0.1) is 11.9 Å². The fourth-order valence-electron chi connectivity index (χ4n) is 0.406. The molecule has 0 amide bonds. The topological polar surface area (TPSA) is 100 Å². The third-order valence-electron chi connectivity index (χ3n) is 1.43. The van der Waals surface area contributed by atoms with Crippen molar-refractivity contribution in [2.45, 2.75) is 20.0 Å². The van der Waals surface area contributed by atoms with Crippen LogP contribution in [0.15, 0.2) is 0 Å². The molecule has 0 spiro atoms. The lowest BCUT2D eigenvalue weighted by Gasteiger charge is -2.31. The van der Waals surface area contributed by atoms with Crippen molar-refractivity contribution in [1.82, 2.24) is 0 Å². The summed E-state index contributed by atoms with van der Waals surface area (Å²) in [4.78, 5) is 20.2. The van der Waals surface area contributed by atoms with Crippen LogP contribution < -0.4 is 10.2 Å². The minimum Gasteiger partial charge on any atom is -0.549 e. The van der Waals surface area contributed by atoms with Gasteiger partial charge in [-0.05, 0) is 0 Å². The molecule has 0 aromatic heterocycles. The summed E-state index contributed by atoms with van der Waals surface area (Å²) < 4.78 is 0. The Morgan fingerprint density at radius 2 is 1.73 bits per heavy atom. The first-order valence-electron chi connectivity index (χ1n) is 2.90. The predicted molar refractivity (Wildman–Crippen MR) is 29.8 cm³/mol. The van der Waals surface area contributed by atoms with E-state index in [1.807, 2.05) is 0 Å². The van der Waals surface area contributed by atoms with E-state index < -0.39 is 23.5 Å². The predicted octanol–water partition coefficient (Wildman–Crippen LogP) is -3.13. The highest BCUT2D eigenvalue weighted by molar-refractivity contribution is 5.82. The summed E-state index contributed by atoms with van der Waals surface area (Å²) in [5.74, 6) is -3.45. The molecule has 0 aromatic rings. The lowest BCUT2D eigenvalue weighted by atomic mass is 9.87. The van der Waals surface area contributed by atoms with Crippen molar-refractivity contribution in [1.29, 1.82) is 0 Å². The van der Waals surface area contributed by atoms with Gasteiger partial charge < -0.3 is 24.9 Å². The maximum atomic E-state index is 10.2. The zero-order valence-electron chi connectivity index (χ0n) is 6.16. The van der Waals surface area contributed by atoms with Crippen molar-refractivity contribution in [3.05, 3.63) is 0 Å². The number of carboxylic acid groups (broad SMARTS) is 2. The van der Waals surface area contributed by atoms with Gasteiger partial charge >= 0.3 is 0 Å². The van der Waals surface area contributed by atoms with Crippen LogP contribution in [-0.2, 0) is 9.59 Å². The fraction of sp³-hybridized carbons (Fsp3) is 0.667. The number of carboxylic acids is 2. The first kappa shape index (κ1) is 9.90. The number of hydrogen-bond acceptors (Lipinski definition) is 5. The van der Waals surface area contributed by atoms with Gasteiger partial charge in [0.15, 0.2) is 0 Å². The highest BCUT2D eigenvalue weighted by Crippen LogP contribution is 2.18. The fourth-order valence-corrected chi connectivity index (χ4v) is 0.406. The van der Waals surface area contributed by atoms with Gasteiger partial charge in [0.25, 0.3) is 0 Å². The lowest BCUT2D eigenvalue weighted by molar-refractivity contribution is -0.336. The van der Waals surface area contributed by atoms with Gasteiger partial charge in [0, 0.05) is 5.41 Å². The van der Waals surface area contributed by atoms with Crippen LogP contribution in [0.1, 0.15) is 13.8 Å². The first-order valence-corrected chi connectivity index (χ1v) is 2.90. The summed E-state index contributed by atoms with van der Waals surface area (Å²) in [6.07, 6.45) is -2.05. The Bertz CT molecular complexity index is 183. The average molecular weight is 160 g/mol. The Morgan fingerprint density at radius 1 is 1.36 bits per heavy atom. The first-order chi connectivity index (χ1) is 4.80. The molecule has 0 fully saturated rings. The van der Waals surface area contributed by atoms with E-state index in [9.17, 15) is 19.8 Å². The molecule has 11 heavy (non-hydrogen) atoms. The molecule has 0 unspecified atom stereocenters. The van der Waals surface area contributed by atoms with Gasteiger partial charge in [-0.3, -0.25) is 0 Å². The van der Waals surface area contributed by atoms with Crippen molar-refractivity contribution in [2.75, 3.05) is 0 Å². The van der Waals surface area contributed by atoms with Crippen LogP contribution in [0.3, 0.4) is 0 Å². The normalized spacial score (nSPS) is 14.1. The zero-order valence-corrected chi connectivity index (χ0v) is 6.16. The molecule has 0 radical (unpaired) electrons. The Morgan fingerprint density at radius 3 is 1.82 bits per heavy atom. The average Bonchev–Trinajstić information content (AvgIpc) is 1.85. The third-order valence-corrected chi connectivity index (χ3v) is 1.43. The number of aliphatic hydroxyl groups is 1. The summed E-state index contributed by atoms with van der Waals surface area (Å²) in [6.45, 7) is 2.09. The van der Waals surface area contributed by atoms with Crippen LogP contribution in [0.5, 0.6) is 0 Å². The molecule has 0 aliphatic carbocycles. The van der Waals surface area contributed by atoms with Crippen LogP contribution in [-0.4, -0.2) is 23.1 Å². The maximum absolute atomic E-state index is 10.2. The molecule has 0 bridgehead atoms. The van der Waals surface area contributed by atoms with Crippen LogP contribution in [0.25, 0.3) is 0 Å². The minimum absolute atomic E-state index is 1.04. The summed E-state index contributed by atoms with van der Waals surface area (Å²) in [6, 6.07) is 0. The lowest BCUT2D eigenvalue weighted by Crippen LogP contribution is -2.53. The van der Waals surface area contributed by atoms with E-state index in [0.29, 0.717) is 0 Å². The molecular formula is C6H8O5-2. The van der Waals surface area contributed by atoms with E-state index in [-0.39, 0.29) is 0 Å². The van der Waals surface area contributed by atoms with Crippen molar-refractivity contribution >= 4 is 11.9 Å². The number of rotatable bonds is 3. The number of hydrogen-bond donors (Lipinski definition) is 1. The smallest absolute Gasteiger partial charge is 0.104 e. The highest BCUT2D eigenvalue weighted by atomic mass is 16.4. The third kappa shape index (κ3) is 1.91. The summed E-state index contributed by atoms with van der Waals surface area (Å²) in [5.41, 5.74) is -1.82. The number of aliphatic hydroxyl groups excluding tert-OH is 1. The van der Waals surface area contributed by atoms with Gasteiger partial charge in [-0.1, -0.05) is 13.8 Å². The van der Waals surface area contributed by atoms with E-state index in [4.69, 9.17) is 5.11 Å². The second-order valence-electron chi connectivity index (χ2n) is 2.73. The maximum Gasteiger partial charge on any atom is 0.104 e. The van der Waals surface area contributed by atoms with Gasteiger partial charge in [-0.15, -0.1) is 0 Å². The standard InChI is InChI=1S/C6H10O5/c1-6(2,5(10)11)3(7)4(8)9/h3,7H,1-2H3,(H,8,9)(H,10,11)/p-2/t3-/m0/s1. The molecule has 0 heterocycles. The van der Waals surface area contributed by atoms with Gasteiger partial charge in [0.2, 0.25) is 0 Å². The Kier molecular flexibility index (Phi) is 2.59. The van der Waals surface area contributed by atoms with Crippen LogP contribution >= 0.6 is 0 Å². The Hall–Kier alpha value is -1.10.